The molecule has 0 unspecified atom stereocenters. The Labute approximate surface area is 404 Å². The number of hydrogen-bond donors (Lipinski definition) is 0. The van der Waals surface area contributed by atoms with Crippen molar-refractivity contribution in [1.82, 2.24) is 0 Å². The molecule has 0 saturated heterocycles. The van der Waals surface area contributed by atoms with E-state index in [9.17, 15) is 0 Å². The fourth-order valence-corrected chi connectivity index (χ4v) is 10.3. The molecule has 0 radical (unpaired) electrons. The molecule has 0 spiro atoms. The number of hydrogen-bond acceptors (Lipinski definition) is 2. The third kappa shape index (κ3) is 8.08. The highest BCUT2D eigenvalue weighted by molar-refractivity contribution is 6.39. The summed E-state index contributed by atoms with van der Waals surface area (Å²) >= 11 is 0. The zero-order chi connectivity index (χ0) is 47.9. The molecule has 0 saturated carbocycles. The van der Waals surface area contributed by atoms with Gasteiger partial charge >= 0.3 is 0 Å². The summed E-state index contributed by atoms with van der Waals surface area (Å²) < 4.78 is 0. The van der Waals surface area contributed by atoms with Crippen LogP contribution in [0, 0.1) is 0 Å². The molecule has 0 aliphatic carbocycles. The van der Waals surface area contributed by atoms with Gasteiger partial charge in [0.05, 0.1) is 0 Å². The quantitative estimate of drug-likeness (QED) is 0.154. The average Bonchev–Trinajstić information content (AvgIpc) is 3.31. The van der Waals surface area contributed by atoms with Crippen LogP contribution >= 0.6 is 0 Å². The average molecular weight is 887 g/mol. The van der Waals surface area contributed by atoms with Crippen LogP contribution in [0.5, 0.6) is 0 Å². The van der Waals surface area contributed by atoms with E-state index in [1.54, 1.807) is 0 Å². The summed E-state index contributed by atoms with van der Waals surface area (Å²) in [5, 5.41) is 12.6. The van der Waals surface area contributed by atoms with Crippen molar-refractivity contribution in [3.63, 3.8) is 0 Å². The Morgan fingerprint density at radius 3 is 0.853 bits per heavy atom. The molecule has 10 aromatic rings. The summed E-state index contributed by atoms with van der Waals surface area (Å²) in [5.41, 5.74) is 12.3. The fraction of sp³-hybridized carbons (Fsp3) is 0.242. The van der Waals surface area contributed by atoms with E-state index in [0.29, 0.717) is 0 Å². The Hall–Kier alpha value is -6.90. The number of benzene rings is 10. The third-order valence-corrected chi connectivity index (χ3v) is 14.2. The number of fused-ring (bicyclic) bond motifs is 11. The van der Waals surface area contributed by atoms with Crippen molar-refractivity contribution in [2.24, 2.45) is 0 Å². The van der Waals surface area contributed by atoms with Crippen LogP contribution in [0.3, 0.4) is 0 Å². The molecule has 2 nitrogen and oxygen atoms in total. The largest absolute Gasteiger partial charge is 0.310 e. The molecule has 0 amide bonds. The van der Waals surface area contributed by atoms with Crippen LogP contribution in [-0.4, -0.2) is 0 Å². The first-order valence-corrected chi connectivity index (χ1v) is 24.5. The van der Waals surface area contributed by atoms with Gasteiger partial charge in [0.2, 0.25) is 0 Å². The zero-order valence-corrected chi connectivity index (χ0v) is 42.2. The van der Waals surface area contributed by atoms with Crippen LogP contribution in [-0.2, 0) is 21.7 Å². The van der Waals surface area contributed by atoms with E-state index < -0.39 is 0 Å². The highest BCUT2D eigenvalue weighted by Gasteiger charge is 2.24. The lowest BCUT2D eigenvalue weighted by atomic mass is 9.86. The Morgan fingerprint density at radius 1 is 0.221 bits per heavy atom. The smallest absolute Gasteiger partial charge is 0.0468 e. The van der Waals surface area contributed by atoms with Crippen LogP contribution in [0.1, 0.15) is 105 Å². The number of rotatable bonds is 6. The SMILES string of the molecule is CC(C)(C)c1ccc(N(c2cccc(C(C)(C)C)c2)c2ccc3c(c2)c2ccccc2c2c4ccc(N(c5ccc(C(C)(C)C)cc5)c5cccc(C(C)(C)C)c5)cc4c4ccccc4c32)cc1. The molecule has 0 fully saturated rings. The molecule has 0 aliphatic heterocycles. The molecule has 0 heterocycles. The molecule has 10 rings (SSSR count). The standard InChI is InChI=1S/C66H66N2/c1-63(2,3)43-27-31-47(32-28-43)67(49-21-17-19-45(39-49)65(7,8)9)51-35-37-57-59(41-51)53-23-13-15-25-55(53)62-58-38-36-52(42-60(58)54-24-14-16-26-56(54)61(57)62)68(48-33-29-44(30-34-48)64(4,5)6)50-22-18-20-46(40-50)66(10,11)12/h13-42H,1-12H3. The molecule has 0 atom stereocenters. The molecule has 2 heteroatoms. The van der Waals surface area contributed by atoms with Gasteiger partial charge in [0.25, 0.3) is 0 Å². The maximum Gasteiger partial charge on any atom is 0.0468 e. The van der Waals surface area contributed by atoms with E-state index in [2.05, 4.69) is 275 Å². The van der Waals surface area contributed by atoms with Crippen molar-refractivity contribution in [3.05, 3.63) is 204 Å². The molecule has 0 N–H and O–H groups in total. The lowest BCUT2D eigenvalue weighted by Crippen LogP contribution is -2.15. The summed E-state index contributed by atoms with van der Waals surface area (Å²) in [7, 11) is 0. The van der Waals surface area contributed by atoms with Crippen LogP contribution < -0.4 is 9.80 Å². The van der Waals surface area contributed by atoms with Gasteiger partial charge in [-0.2, -0.15) is 0 Å². The van der Waals surface area contributed by atoms with Gasteiger partial charge in [-0.25, -0.2) is 0 Å². The molecular formula is C66H66N2. The fourth-order valence-electron chi connectivity index (χ4n) is 10.3. The molecule has 68 heavy (non-hydrogen) atoms. The first-order chi connectivity index (χ1) is 32.3. The van der Waals surface area contributed by atoms with Crippen molar-refractivity contribution in [2.75, 3.05) is 9.80 Å². The molecule has 0 aliphatic rings. The highest BCUT2D eigenvalue weighted by Crippen LogP contribution is 2.48. The second-order valence-corrected chi connectivity index (χ2v) is 23.2. The zero-order valence-electron chi connectivity index (χ0n) is 42.2. The minimum atomic E-state index is 0.00813. The molecular weight excluding hydrogens is 821 g/mol. The summed E-state index contributed by atoms with van der Waals surface area (Å²) in [5.74, 6) is 0. The van der Waals surface area contributed by atoms with Crippen molar-refractivity contribution in [2.45, 2.75) is 105 Å². The summed E-state index contributed by atoms with van der Waals surface area (Å²) in [4.78, 5) is 4.89. The lowest BCUT2D eigenvalue weighted by molar-refractivity contribution is 0.590. The van der Waals surface area contributed by atoms with Gasteiger partial charge in [0.1, 0.15) is 0 Å². The van der Waals surface area contributed by atoms with E-state index in [0.717, 1.165) is 34.1 Å². The third-order valence-electron chi connectivity index (χ3n) is 14.2. The van der Waals surface area contributed by atoms with E-state index >= 15 is 0 Å². The Kier molecular flexibility index (Phi) is 10.8. The minimum Gasteiger partial charge on any atom is -0.310 e. The van der Waals surface area contributed by atoms with Gasteiger partial charge in [-0.1, -0.05) is 192 Å². The van der Waals surface area contributed by atoms with E-state index in [1.807, 2.05) is 0 Å². The van der Waals surface area contributed by atoms with Gasteiger partial charge in [-0.15, -0.1) is 0 Å². The highest BCUT2D eigenvalue weighted by atomic mass is 15.1. The first kappa shape index (κ1) is 44.9. The molecule has 340 valence electrons. The van der Waals surface area contributed by atoms with Crippen molar-refractivity contribution >= 4 is 88.0 Å². The summed E-state index contributed by atoms with van der Waals surface area (Å²) in [6.45, 7) is 27.5. The van der Waals surface area contributed by atoms with Gasteiger partial charge in [0.15, 0.2) is 0 Å². The first-order valence-electron chi connectivity index (χ1n) is 24.5. The predicted octanol–water partition coefficient (Wildman–Crippen LogP) is 19.6. The topological polar surface area (TPSA) is 6.48 Å². The van der Waals surface area contributed by atoms with Crippen LogP contribution in [0.2, 0.25) is 0 Å². The van der Waals surface area contributed by atoms with Crippen molar-refractivity contribution < 1.29 is 0 Å². The second-order valence-electron chi connectivity index (χ2n) is 23.2. The summed E-state index contributed by atoms with van der Waals surface area (Å²) in [6.07, 6.45) is 0. The van der Waals surface area contributed by atoms with Gasteiger partial charge in [-0.05, 0) is 171 Å². The van der Waals surface area contributed by atoms with Crippen molar-refractivity contribution in [3.8, 4) is 0 Å². The van der Waals surface area contributed by atoms with Crippen LogP contribution in [0.4, 0.5) is 34.1 Å². The predicted molar refractivity (Wildman–Crippen MR) is 298 cm³/mol. The lowest BCUT2D eigenvalue weighted by Gasteiger charge is -2.29. The number of anilines is 6. The molecule has 0 aromatic heterocycles. The van der Waals surface area contributed by atoms with E-state index in [-0.39, 0.29) is 21.7 Å². The summed E-state index contributed by atoms with van der Waals surface area (Å²) in [6, 6.07) is 69.1. The van der Waals surface area contributed by atoms with Gasteiger partial charge in [0, 0.05) is 34.1 Å². The van der Waals surface area contributed by atoms with Crippen LogP contribution in [0.25, 0.3) is 53.9 Å². The maximum absolute atomic E-state index is 2.44. The molecule has 10 aromatic carbocycles. The van der Waals surface area contributed by atoms with Gasteiger partial charge < -0.3 is 9.80 Å². The van der Waals surface area contributed by atoms with Crippen LogP contribution in [0.15, 0.2) is 182 Å². The Bertz CT molecular complexity index is 3290. The van der Waals surface area contributed by atoms with Gasteiger partial charge in [-0.3, -0.25) is 0 Å². The Balaban J connectivity index is 1.22. The maximum atomic E-state index is 2.44. The van der Waals surface area contributed by atoms with Crippen molar-refractivity contribution in [1.29, 1.82) is 0 Å². The van der Waals surface area contributed by atoms with E-state index in [1.165, 1.54) is 76.1 Å². The van der Waals surface area contributed by atoms with E-state index in [4.69, 9.17) is 0 Å². The monoisotopic (exact) mass is 887 g/mol. The molecule has 0 bridgehead atoms. The minimum absolute atomic E-state index is 0.00813. The number of nitrogens with zero attached hydrogens (tertiary/aromatic N) is 2. The second kappa shape index (κ2) is 16.4. The normalized spacial score (nSPS) is 12.7. The Morgan fingerprint density at radius 2 is 0.515 bits per heavy atom.